The van der Waals surface area contributed by atoms with Gasteiger partial charge in [-0.25, -0.2) is 0 Å². The minimum absolute atomic E-state index is 0.0721. The molecule has 2 heteroatoms. The van der Waals surface area contributed by atoms with Crippen LogP contribution in [0.5, 0.6) is 0 Å². The zero-order valence-corrected chi connectivity index (χ0v) is 5.09. The quantitative estimate of drug-likeness (QED) is 0.511. The van der Waals surface area contributed by atoms with E-state index in [9.17, 15) is 0 Å². The van der Waals surface area contributed by atoms with Crippen molar-refractivity contribution in [3.63, 3.8) is 0 Å². The molecular formula is C6H12O2. The maximum atomic E-state index is 9.14. The Labute approximate surface area is 49.1 Å². The third-order valence-electron chi connectivity index (χ3n) is 1.75. The summed E-state index contributed by atoms with van der Waals surface area (Å²) in [7, 11) is 0. The molecule has 0 aliphatic heterocycles. The van der Waals surface area contributed by atoms with Crippen LogP contribution in [-0.2, 0) is 0 Å². The minimum Gasteiger partial charge on any atom is -0.393 e. The van der Waals surface area contributed by atoms with Gasteiger partial charge in [-0.1, -0.05) is 6.92 Å². The lowest BCUT2D eigenvalue weighted by Crippen LogP contribution is -2.45. The largest absolute Gasteiger partial charge is 0.393 e. The average Bonchev–Trinajstić information content (AvgIpc) is 1.63. The predicted octanol–water partition coefficient (Wildman–Crippen LogP) is 0.140. The van der Waals surface area contributed by atoms with Gasteiger partial charge in [0.1, 0.15) is 0 Å². The molecule has 48 valence electrons. The summed E-state index contributed by atoms with van der Waals surface area (Å²) < 4.78 is 0. The van der Waals surface area contributed by atoms with Gasteiger partial charge in [0.15, 0.2) is 0 Å². The highest BCUT2D eigenvalue weighted by Gasteiger charge is 2.39. The van der Waals surface area contributed by atoms with Crippen LogP contribution in [0.4, 0.5) is 0 Å². The lowest BCUT2D eigenvalue weighted by Gasteiger charge is -2.40. The van der Waals surface area contributed by atoms with E-state index in [1.165, 1.54) is 0 Å². The van der Waals surface area contributed by atoms with Crippen molar-refractivity contribution in [1.82, 2.24) is 0 Å². The van der Waals surface area contributed by atoms with Crippen molar-refractivity contribution in [1.29, 1.82) is 0 Å². The smallest absolute Gasteiger partial charge is 0.0882 e. The van der Waals surface area contributed by atoms with E-state index in [2.05, 4.69) is 6.92 Å². The van der Waals surface area contributed by atoms with Gasteiger partial charge in [-0.15, -0.1) is 0 Å². The first-order valence-electron chi connectivity index (χ1n) is 2.99. The first-order valence-corrected chi connectivity index (χ1v) is 2.99. The molecular weight excluding hydrogens is 104 g/mol. The van der Waals surface area contributed by atoms with Gasteiger partial charge in [-0.2, -0.15) is 0 Å². The van der Waals surface area contributed by atoms with Gasteiger partial charge in [-0.05, 0) is 18.8 Å². The van der Waals surface area contributed by atoms with Crippen LogP contribution >= 0.6 is 0 Å². The van der Waals surface area contributed by atoms with Gasteiger partial charge in [0.25, 0.3) is 0 Å². The van der Waals surface area contributed by atoms with Gasteiger partial charge < -0.3 is 10.2 Å². The molecule has 1 aliphatic rings. The summed E-state index contributed by atoms with van der Waals surface area (Å²) in [6, 6.07) is 0. The van der Waals surface area contributed by atoms with Gasteiger partial charge in [0.2, 0.25) is 0 Å². The molecule has 8 heavy (non-hydrogen) atoms. The number of rotatable bonds is 1. The normalized spacial score (nSPS) is 46.1. The van der Waals surface area contributed by atoms with Crippen molar-refractivity contribution in [2.24, 2.45) is 5.92 Å². The van der Waals surface area contributed by atoms with Crippen LogP contribution in [-0.4, -0.2) is 22.4 Å². The molecule has 0 saturated heterocycles. The maximum absolute atomic E-state index is 9.14. The van der Waals surface area contributed by atoms with E-state index in [0.29, 0.717) is 5.92 Å². The van der Waals surface area contributed by atoms with Gasteiger partial charge in [0, 0.05) is 0 Å². The summed E-state index contributed by atoms with van der Waals surface area (Å²) in [6.45, 7) is 2.00. The van der Waals surface area contributed by atoms with Crippen LogP contribution in [0.15, 0.2) is 0 Å². The molecule has 0 radical (unpaired) electrons. The van der Waals surface area contributed by atoms with Crippen molar-refractivity contribution in [3.8, 4) is 0 Å². The molecule has 0 unspecified atom stereocenters. The molecule has 0 atom stereocenters. The summed E-state index contributed by atoms with van der Waals surface area (Å²) in [6.07, 6.45) is 1.53. The molecule has 2 N–H and O–H groups in total. The molecule has 0 heterocycles. The summed E-state index contributed by atoms with van der Waals surface area (Å²) >= 11 is 0. The first kappa shape index (κ1) is 6.05. The van der Waals surface area contributed by atoms with Crippen LogP contribution in [0.25, 0.3) is 0 Å². The third-order valence-corrected chi connectivity index (χ3v) is 1.75. The van der Waals surface area contributed by atoms with Gasteiger partial charge >= 0.3 is 0 Å². The molecule has 0 aromatic rings. The Kier molecular flexibility index (Phi) is 1.29. The highest BCUT2D eigenvalue weighted by atomic mass is 16.3. The standard InChI is InChI=1S/C6H12O2/c1-5-2-6(8,3-5)4-7/h5,7-8H,2-4H2,1H3. The van der Waals surface area contributed by atoms with Crippen molar-refractivity contribution >= 4 is 0 Å². The topological polar surface area (TPSA) is 40.5 Å². The molecule has 1 saturated carbocycles. The number of hydrogen-bond acceptors (Lipinski definition) is 2. The first-order chi connectivity index (χ1) is 3.66. The fraction of sp³-hybridized carbons (Fsp3) is 1.00. The fourth-order valence-corrected chi connectivity index (χ4v) is 1.37. The van der Waals surface area contributed by atoms with Crippen molar-refractivity contribution in [3.05, 3.63) is 0 Å². The molecule has 0 bridgehead atoms. The zero-order valence-electron chi connectivity index (χ0n) is 5.09. The van der Waals surface area contributed by atoms with Crippen molar-refractivity contribution in [2.45, 2.75) is 25.4 Å². The molecule has 0 aromatic heterocycles. The Morgan fingerprint density at radius 1 is 1.62 bits per heavy atom. The maximum Gasteiger partial charge on any atom is 0.0882 e. The lowest BCUT2D eigenvalue weighted by atomic mass is 9.73. The van der Waals surface area contributed by atoms with E-state index in [-0.39, 0.29) is 6.61 Å². The van der Waals surface area contributed by atoms with E-state index in [0.717, 1.165) is 12.8 Å². The third kappa shape index (κ3) is 0.858. The van der Waals surface area contributed by atoms with Gasteiger partial charge in [-0.3, -0.25) is 0 Å². The lowest BCUT2D eigenvalue weighted by molar-refractivity contribution is -0.102. The highest BCUT2D eigenvalue weighted by molar-refractivity contribution is 4.91. The summed E-state index contributed by atoms with van der Waals surface area (Å²) in [5.41, 5.74) is -0.709. The number of aliphatic hydroxyl groups excluding tert-OH is 1. The van der Waals surface area contributed by atoms with Crippen molar-refractivity contribution in [2.75, 3.05) is 6.61 Å². The second-order valence-corrected chi connectivity index (χ2v) is 2.90. The van der Waals surface area contributed by atoms with Crippen LogP contribution in [0.2, 0.25) is 0 Å². The summed E-state index contributed by atoms with van der Waals surface area (Å²) in [5, 5.41) is 17.7. The number of aliphatic hydroxyl groups is 2. The molecule has 1 rings (SSSR count). The second-order valence-electron chi connectivity index (χ2n) is 2.90. The monoisotopic (exact) mass is 116 g/mol. The van der Waals surface area contributed by atoms with Crippen LogP contribution in [0, 0.1) is 5.92 Å². The molecule has 1 fully saturated rings. The number of hydrogen-bond donors (Lipinski definition) is 2. The SMILES string of the molecule is CC1CC(O)(CO)C1. The van der Waals surface area contributed by atoms with E-state index in [1.807, 2.05) is 0 Å². The molecule has 2 nitrogen and oxygen atoms in total. The second kappa shape index (κ2) is 1.71. The Morgan fingerprint density at radius 2 is 2.12 bits per heavy atom. The molecule has 0 aromatic carbocycles. The Morgan fingerprint density at radius 3 is 2.25 bits per heavy atom. The van der Waals surface area contributed by atoms with E-state index in [4.69, 9.17) is 10.2 Å². The molecule has 0 amide bonds. The molecule has 0 spiro atoms. The Bertz CT molecular complexity index is 84.5. The predicted molar refractivity (Wildman–Crippen MR) is 30.4 cm³/mol. The Hall–Kier alpha value is -0.0800. The average molecular weight is 116 g/mol. The van der Waals surface area contributed by atoms with Gasteiger partial charge in [0.05, 0.1) is 12.2 Å². The van der Waals surface area contributed by atoms with Crippen molar-refractivity contribution < 1.29 is 10.2 Å². The zero-order chi connectivity index (χ0) is 6.20. The minimum atomic E-state index is -0.709. The van der Waals surface area contributed by atoms with Crippen LogP contribution in [0.3, 0.4) is 0 Å². The van der Waals surface area contributed by atoms with E-state index in [1.54, 1.807) is 0 Å². The summed E-state index contributed by atoms with van der Waals surface area (Å²) in [4.78, 5) is 0. The summed E-state index contributed by atoms with van der Waals surface area (Å²) in [5.74, 6) is 0.604. The van der Waals surface area contributed by atoms with Crippen LogP contribution in [0.1, 0.15) is 19.8 Å². The van der Waals surface area contributed by atoms with E-state index < -0.39 is 5.60 Å². The molecule has 1 aliphatic carbocycles. The fourth-order valence-electron chi connectivity index (χ4n) is 1.37. The Balaban J connectivity index is 2.30. The van der Waals surface area contributed by atoms with E-state index >= 15 is 0 Å². The van der Waals surface area contributed by atoms with Crippen LogP contribution < -0.4 is 0 Å². The highest BCUT2D eigenvalue weighted by Crippen LogP contribution is 2.36.